The molecule has 0 bridgehead atoms. The highest BCUT2D eigenvalue weighted by Gasteiger charge is 2.23. The maximum Gasteiger partial charge on any atom is 0.277 e. The number of benzene rings is 1. The van der Waals surface area contributed by atoms with Gasteiger partial charge in [-0.2, -0.15) is 5.10 Å². The predicted molar refractivity (Wildman–Crippen MR) is 145 cm³/mol. The first-order valence-corrected chi connectivity index (χ1v) is 14.2. The number of thiazole rings is 1. The molecule has 0 atom stereocenters. The van der Waals surface area contributed by atoms with Gasteiger partial charge in [-0.1, -0.05) is 24.3 Å². The van der Waals surface area contributed by atoms with Crippen LogP contribution < -0.4 is 4.74 Å². The van der Waals surface area contributed by atoms with Gasteiger partial charge in [0.15, 0.2) is 0 Å². The number of aliphatic imine (C=N–C) groups is 1. The predicted octanol–water partition coefficient (Wildman–Crippen LogP) is 5.33. The fourth-order valence-electron chi connectivity index (χ4n) is 5.44. The molecule has 1 saturated carbocycles. The van der Waals surface area contributed by atoms with Crippen molar-refractivity contribution in [2.75, 3.05) is 26.2 Å². The Morgan fingerprint density at radius 3 is 2.89 bits per heavy atom. The van der Waals surface area contributed by atoms with Crippen molar-refractivity contribution in [2.45, 2.75) is 58.3 Å². The lowest BCUT2D eigenvalue weighted by Gasteiger charge is -2.28. The normalized spacial score (nSPS) is 21.1. The Morgan fingerprint density at radius 1 is 1.22 bits per heavy atom. The highest BCUT2D eigenvalue weighted by Crippen LogP contribution is 2.31. The molecule has 1 aliphatic carbocycles. The molecular weight excluding hydrogens is 470 g/mol. The number of amides is 1. The maximum atomic E-state index is 12.8. The van der Waals surface area contributed by atoms with E-state index >= 15 is 0 Å². The molecule has 1 amide bonds. The number of carbonyl (C=O) groups excluding carboxylic acids is 1. The molecule has 2 aromatic heterocycles. The molecule has 8 heteroatoms. The van der Waals surface area contributed by atoms with Crippen LogP contribution in [0.25, 0.3) is 10.9 Å². The van der Waals surface area contributed by atoms with Crippen LogP contribution in [-0.2, 0) is 19.9 Å². The summed E-state index contributed by atoms with van der Waals surface area (Å²) in [6.45, 7) is 6.27. The number of nitrogens with zero attached hydrogens (tertiary/aromatic N) is 5. The van der Waals surface area contributed by atoms with Gasteiger partial charge in [0.2, 0.25) is 0 Å². The zero-order chi connectivity index (χ0) is 24.9. The largest absolute Gasteiger partial charge is 0.470 e. The van der Waals surface area contributed by atoms with Gasteiger partial charge in [0.1, 0.15) is 0 Å². The van der Waals surface area contributed by atoms with E-state index in [0.29, 0.717) is 11.5 Å². The van der Waals surface area contributed by atoms with Gasteiger partial charge in [0.25, 0.3) is 11.1 Å². The first-order chi connectivity index (χ1) is 17.6. The second-order valence-corrected chi connectivity index (χ2v) is 11.3. The van der Waals surface area contributed by atoms with E-state index in [-0.39, 0.29) is 5.91 Å². The molecule has 36 heavy (non-hydrogen) atoms. The Kier molecular flexibility index (Phi) is 8.12. The summed E-state index contributed by atoms with van der Waals surface area (Å²) < 4.78 is 7.49. The third-order valence-corrected chi connectivity index (χ3v) is 8.62. The lowest BCUT2D eigenvalue weighted by atomic mass is 9.81. The van der Waals surface area contributed by atoms with Crippen LogP contribution in [0.1, 0.15) is 66.4 Å². The van der Waals surface area contributed by atoms with Gasteiger partial charge in [-0.25, -0.2) is 9.98 Å². The lowest BCUT2D eigenvalue weighted by Crippen LogP contribution is -2.29. The molecule has 0 N–H and O–H groups in total. The fraction of sp³-hybridized carbons (Fsp3) is 0.571. The molecule has 192 valence electrons. The van der Waals surface area contributed by atoms with Crippen LogP contribution in [-0.4, -0.2) is 58.0 Å². The average molecular weight is 508 g/mol. The van der Waals surface area contributed by atoms with Crippen LogP contribution in [0.15, 0.2) is 29.4 Å². The number of aryl methyl sites for hydroxylation is 1. The number of hydrogen-bond acceptors (Lipinski definition) is 6. The molecule has 1 fully saturated rings. The van der Waals surface area contributed by atoms with Crippen molar-refractivity contribution in [3.8, 4) is 5.19 Å². The highest BCUT2D eigenvalue weighted by atomic mass is 32.1. The number of aromatic nitrogens is 3. The van der Waals surface area contributed by atoms with Crippen LogP contribution >= 0.6 is 11.3 Å². The molecule has 2 aliphatic rings. The van der Waals surface area contributed by atoms with Crippen molar-refractivity contribution >= 4 is 34.4 Å². The van der Waals surface area contributed by atoms with Gasteiger partial charge >= 0.3 is 0 Å². The number of fused-ring (bicyclic) bond motifs is 2. The molecule has 0 radical (unpaired) electrons. The van der Waals surface area contributed by atoms with E-state index in [1.807, 2.05) is 37.7 Å². The summed E-state index contributed by atoms with van der Waals surface area (Å²) in [5.41, 5.74) is 2.72. The second kappa shape index (κ2) is 11.6. The monoisotopic (exact) mass is 507 g/mol. The van der Waals surface area contributed by atoms with Crippen molar-refractivity contribution < 1.29 is 9.53 Å². The van der Waals surface area contributed by atoms with Gasteiger partial charge in [-0.05, 0) is 75.5 Å². The number of hydrogen-bond donors (Lipinski definition) is 0. The minimum Gasteiger partial charge on any atom is -0.470 e. The molecule has 0 unspecified atom stereocenters. The van der Waals surface area contributed by atoms with Crippen molar-refractivity contribution in [1.82, 2.24) is 19.7 Å². The zero-order valence-corrected chi connectivity index (χ0v) is 22.3. The Bertz CT molecular complexity index is 1180. The fourth-order valence-corrected chi connectivity index (χ4v) is 6.41. The lowest BCUT2D eigenvalue weighted by molar-refractivity contribution is 0.100. The Morgan fingerprint density at radius 2 is 2.06 bits per heavy atom. The standard InChI is InChI=1S/C28H37N5O2S/c1-3-17-35-28-30-25-12-15-33(16-13-26(25)36-28)14-11-20-7-9-21(10-8-20)18-29-27(34)22-5-4-6-24-23(22)19-32(2)31-24/h4-6,18-21H,3,7-17H2,1-2H3. The molecule has 1 aromatic carbocycles. The minimum atomic E-state index is -0.163. The first-order valence-electron chi connectivity index (χ1n) is 13.4. The topological polar surface area (TPSA) is 72.6 Å². The maximum absolute atomic E-state index is 12.8. The van der Waals surface area contributed by atoms with E-state index in [4.69, 9.17) is 9.72 Å². The summed E-state index contributed by atoms with van der Waals surface area (Å²) in [6.07, 6.45) is 12.9. The SMILES string of the molecule is CCCOc1nc2c(s1)CCN(CCC1CCC(C=NC(=O)c3cccc4nn(C)cc34)CC1)CC2. The van der Waals surface area contributed by atoms with Crippen LogP contribution in [0.5, 0.6) is 5.19 Å². The molecule has 0 saturated heterocycles. The summed E-state index contributed by atoms with van der Waals surface area (Å²) in [4.78, 5) is 25.9. The summed E-state index contributed by atoms with van der Waals surface area (Å²) in [7, 11) is 1.87. The van der Waals surface area contributed by atoms with Crippen LogP contribution in [0.4, 0.5) is 0 Å². The summed E-state index contributed by atoms with van der Waals surface area (Å²) >= 11 is 1.74. The van der Waals surface area contributed by atoms with Crippen LogP contribution in [0.3, 0.4) is 0 Å². The summed E-state index contributed by atoms with van der Waals surface area (Å²) in [6, 6.07) is 5.65. The number of rotatable bonds is 8. The van der Waals surface area contributed by atoms with Crippen LogP contribution in [0, 0.1) is 11.8 Å². The molecule has 7 nitrogen and oxygen atoms in total. The minimum absolute atomic E-state index is 0.163. The van der Waals surface area contributed by atoms with E-state index in [0.717, 1.165) is 73.8 Å². The smallest absolute Gasteiger partial charge is 0.277 e. The second-order valence-electron chi connectivity index (χ2n) is 10.2. The summed E-state index contributed by atoms with van der Waals surface area (Å²) in [5, 5.41) is 6.12. The van der Waals surface area contributed by atoms with Gasteiger partial charge in [0, 0.05) is 49.2 Å². The van der Waals surface area contributed by atoms with E-state index in [1.54, 1.807) is 16.0 Å². The Labute approximate surface area is 217 Å². The molecule has 5 rings (SSSR count). The Balaban J connectivity index is 1.05. The third kappa shape index (κ3) is 6.03. The Hall–Kier alpha value is -2.58. The highest BCUT2D eigenvalue weighted by molar-refractivity contribution is 7.13. The molecule has 0 spiro atoms. The summed E-state index contributed by atoms with van der Waals surface area (Å²) in [5.74, 6) is 1.02. The van der Waals surface area contributed by atoms with Crippen molar-refractivity contribution in [3.63, 3.8) is 0 Å². The van der Waals surface area contributed by atoms with E-state index in [1.165, 1.54) is 36.4 Å². The number of ether oxygens (including phenoxy) is 1. The van der Waals surface area contributed by atoms with E-state index in [9.17, 15) is 4.79 Å². The van der Waals surface area contributed by atoms with Crippen molar-refractivity contribution in [2.24, 2.45) is 23.9 Å². The van der Waals surface area contributed by atoms with Crippen molar-refractivity contribution in [3.05, 3.63) is 40.5 Å². The third-order valence-electron chi connectivity index (χ3n) is 7.55. The molecular formula is C28H37N5O2S. The van der Waals surface area contributed by atoms with Gasteiger partial charge < -0.3 is 9.64 Å². The van der Waals surface area contributed by atoms with Gasteiger partial charge in [-0.3, -0.25) is 9.48 Å². The molecule has 3 aromatic rings. The van der Waals surface area contributed by atoms with Gasteiger partial charge in [0.05, 0.1) is 23.4 Å². The van der Waals surface area contributed by atoms with Crippen LogP contribution in [0.2, 0.25) is 0 Å². The number of carbonyl (C=O) groups is 1. The van der Waals surface area contributed by atoms with Crippen molar-refractivity contribution in [1.29, 1.82) is 0 Å². The van der Waals surface area contributed by atoms with E-state index < -0.39 is 0 Å². The first kappa shape index (κ1) is 25.1. The zero-order valence-electron chi connectivity index (χ0n) is 21.5. The average Bonchev–Trinajstić information content (AvgIpc) is 3.42. The quantitative estimate of drug-likeness (QED) is 0.386. The molecule has 1 aliphatic heterocycles. The van der Waals surface area contributed by atoms with Gasteiger partial charge in [-0.15, -0.1) is 0 Å². The van der Waals surface area contributed by atoms with E-state index in [2.05, 4.69) is 21.9 Å². The molecule has 3 heterocycles.